The highest BCUT2D eigenvalue weighted by molar-refractivity contribution is 6.35. The highest BCUT2D eigenvalue weighted by Gasteiger charge is 2.05. The van der Waals surface area contributed by atoms with Crippen LogP contribution in [-0.4, -0.2) is 4.98 Å². The number of nitrogens with one attached hydrogen (secondary N) is 1. The zero-order valence-corrected chi connectivity index (χ0v) is 11.1. The lowest BCUT2D eigenvalue weighted by Gasteiger charge is -2.09. The molecular weight excluding hydrogens is 256 g/mol. The van der Waals surface area contributed by atoms with E-state index in [-0.39, 0.29) is 0 Å². The molecule has 0 unspecified atom stereocenters. The van der Waals surface area contributed by atoms with E-state index in [0.29, 0.717) is 0 Å². The van der Waals surface area contributed by atoms with Crippen LogP contribution in [0.4, 0.5) is 5.69 Å². The number of rotatable bonds is 3. The number of hydrogen-bond acceptors (Lipinski definition) is 2. The molecule has 2 nitrogen and oxygen atoms in total. The Kier molecular flexibility index (Phi) is 3.34. The van der Waals surface area contributed by atoms with Gasteiger partial charge in [0, 0.05) is 28.8 Å². The topological polar surface area (TPSA) is 24.9 Å². The van der Waals surface area contributed by atoms with Crippen molar-refractivity contribution in [2.45, 2.75) is 6.54 Å². The molecule has 1 heterocycles. The molecule has 3 rings (SSSR count). The van der Waals surface area contributed by atoms with Crippen LogP contribution in [0.15, 0.2) is 60.8 Å². The van der Waals surface area contributed by atoms with Crippen molar-refractivity contribution in [3.05, 3.63) is 71.4 Å². The average Bonchev–Trinajstić information content (AvgIpc) is 2.48. The predicted molar refractivity (Wildman–Crippen MR) is 80.5 cm³/mol. The normalized spacial score (nSPS) is 10.6. The van der Waals surface area contributed by atoms with Gasteiger partial charge in [-0.15, -0.1) is 0 Å². The zero-order chi connectivity index (χ0) is 13.1. The number of nitrogens with zero attached hydrogens (tertiary/aromatic N) is 1. The van der Waals surface area contributed by atoms with Crippen molar-refractivity contribution >= 4 is 28.2 Å². The molecule has 0 aliphatic heterocycles. The van der Waals surface area contributed by atoms with Gasteiger partial charge in [-0.25, -0.2) is 0 Å². The predicted octanol–water partition coefficient (Wildman–Crippen LogP) is 4.50. The van der Waals surface area contributed by atoms with Crippen molar-refractivity contribution in [3.63, 3.8) is 0 Å². The fraction of sp³-hybridized carbons (Fsp3) is 0.0625. The van der Waals surface area contributed by atoms with Gasteiger partial charge in [0.25, 0.3) is 0 Å². The Hall–Kier alpha value is -2.06. The standard InChI is InChI=1S/C16H13ClN2/c17-15-9-8-12(16-14(15)7-4-10-18-16)11-19-13-5-2-1-3-6-13/h1-10,19H,11H2. The van der Waals surface area contributed by atoms with Crippen LogP contribution in [0.3, 0.4) is 0 Å². The number of pyridine rings is 1. The monoisotopic (exact) mass is 268 g/mol. The van der Waals surface area contributed by atoms with E-state index in [0.717, 1.165) is 33.7 Å². The maximum Gasteiger partial charge on any atom is 0.0766 e. The van der Waals surface area contributed by atoms with Gasteiger partial charge >= 0.3 is 0 Å². The summed E-state index contributed by atoms with van der Waals surface area (Å²) in [6, 6.07) is 18.0. The number of aromatic nitrogens is 1. The zero-order valence-electron chi connectivity index (χ0n) is 10.3. The molecule has 0 fully saturated rings. The molecular formula is C16H13ClN2. The van der Waals surface area contributed by atoms with Crippen molar-refractivity contribution in [1.82, 2.24) is 4.98 Å². The first kappa shape index (κ1) is 12.0. The third-order valence-electron chi connectivity index (χ3n) is 3.06. The van der Waals surface area contributed by atoms with E-state index >= 15 is 0 Å². The molecule has 1 N–H and O–H groups in total. The molecule has 0 bridgehead atoms. The SMILES string of the molecule is Clc1ccc(CNc2ccccc2)c2ncccc12. The number of para-hydroxylation sites is 1. The van der Waals surface area contributed by atoms with E-state index in [9.17, 15) is 0 Å². The minimum atomic E-state index is 0.731. The van der Waals surface area contributed by atoms with Crippen molar-refractivity contribution in [1.29, 1.82) is 0 Å². The van der Waals surface area contributed by atoms with Crippen LogP contribution in [0.5, 0.6) is 0 Å². The molecule has 0 aliphatic rings. The fourth-order valence-corrected chi connectivity index (χ4v) is 2.31. The Bertz CT molecular complexity index is 695. The lowest BCUT2D eigenvalue weighted by atomic mass is 10.1. The Balaban J connectivity index is 1.91. The number of anilines is 1. The average molecular weight is 269 g/mol. The fourth-order valence-electron chi connectivity index (χ4n) is 2.09. The third kappa shape index (κ3) is 2.54. The van der Waals surface area contributed by atoms with E-state index in [1.807, 2.05) is 54.6 Å². The van der Waals surface area contributed by atoms with E-state index < -0.39 is 0 Å². The number of fused-ring (bicyclic) bond motifs is 1. The second kappa shape index (κ2) is 5.29. The molecule has 0 atom stereocenters. The van der Waals surface area contributed by atoms with Crippen molar-refractivity contribution in [3.8, 4) is 0 Å². The van der Waals surface area contributed by atoms with Crippen LogP contribution in [0, 0.1) is 0 Å². The Morgan fingerprint density at radius 2 is 1.79 bits per heavy atom. The van der Waals surface area contributed by atoms with Crippen LogP contribution < -0.4 is 5.32 Å². The van der Waals surface area contributed by atoms with Gasteiger partial charge in [-0.3, -0.25) is 4.98 Å². The van der Waals surface area contributed by atoms with Gasteiger partial charge in [-0.1, -0.05) is 35.9 Å². The molecule has 0 aliphatic carbocycles. The first-order chi connectivity index (χ1) is 9.34. The molecule has 0 saturated carbocycles. The summed E-state index contributed by atoms with van der Waals surface area (Å²) in [6.45, 7) is 0.731. The maximum absolute atomic E-state index is 6.19. The summed E-state index contributed by atoms with van der Waals surface area (Å²) in [5.74, 6) is 0. The summed E-state index contributed by atoms with van der Waals surface area (Å²) >= 11 is 6.19. The highest BCUT2D eigenvalue weighted by atomic mass is 35.5. The summed E-state index contributed by atoms with van der Waals surface area (Å²) < 4.78 is 0. The molecule has 1 aromatic heterocycles. The van der Waals surface area contributed by atoms with Crippen molar-refractivity contribution < 1.29 is 0 Å². The minimum absolute atomic E-state index is 0.731. The van der Waals surface area contributed by atoms with Gasteiger partial charge in [0.15, 0.2) is 0 Å². The quantitative estimate of drug-likeness (QED) is 0.756. The molecule has 0 spiro atoms. The molecule has 3 heteroatoms. The molecule has 94 valence electrons. The third-order valence-corrected chi connectivity index (χ3v) is 3.39. The summed E-state index contributed by atoms with van der Waals surface area (Å²) in [6.07, 6.45) is 1.80. The van der Waals surface area contributed by atoms with Gasteiger partial charge in [0.2, 0.25) is 0 Å². The first-order valence-corrected chi connectivity index (χ1v) is 6.53. The molecule has 2 aromatic carbocycles. The summed E-state index contributed by atoms with van der Waals surface area (Å²) in [4.78, 5) is 4.43. The van der Waals surface area contributed by atoms with Crippen molar-refractivity contribution in [2.24, 2.45) is 0 Å². The largest absolute Gasteiger partial charge is 0.381 e. The van der Waals surface area contributed by atoms with Crippen LogP contribution in [0.25, 0.3) is 10.9 Å². The summed E-state index contributed by atoms with van der Waals surface area (Å²) in [7, 11) is 0. The number of benzene rings is 2. The Morgan fingerprint density at radius 1 is 0.947 bits per heavy atom. The van der Waals surface area contributed by atoms with Gasteiger partial charge in [-0.2, -0.15) is 0 Å². The number of halogens is 1. The second-order valence-electron chi connectivity index (χ2n) is 4.33. The molecule has 0 saturated heterocycles. The molecule has 19 heavy (non-hydrogen) atoms. The molecule has 0 radical (unpaired) electrons. The van der Waals surface area contributed by atoms with Crippen molar-refractivity contribution in [2.75, 3.05) is 5.32 Å². The van der Waals surface area contributed by atoms with E-state index in [2.05, 4.69) is 10.3 Å². The van der Waals surface area contributed by atoms with Gasteiger partial charge in [0.1, 0.15) is 0 Å². The Morgan fingerprint density at radius 3 is 2.63 bits per heavy atom. The maximum atomic E-state index is 6.19. The van der Waals surface area contributed by atoms with E-state index in [1.54, 1.807) is 6.20 Å². The van der Waals surface area contributed by atoms with Crippen LogP contribution in [0.1, 0.15) is 5.56 Å². The number of hydrogen-bond donors (Lipinski definition) is 1. The summed E-state index contributed by atoms with van der Waals surface area (Å²) in [5, 5.41) is 5.13. The Labute approximate surface area is 117 Å². The lowest BCUT2D eigenvalue weighted by molar-refractivity contribution is 1.15. The van der Waals surface area contributed by atoms with Gasteiger partial charge in [0.05, 0.1) is 5.52 Å². The van der Waals surface area contributed by atoms with Gasteiger partial charge < -0.3 is 5.32 Å². The lowest BCUT2D eigenvalue weighted by Crippen LogP contribution is -2.00. The minimum Gasteiger partial charge on any atom is -0.381 e. The summed E-state index contributed by atoms with van der Waals surface area (Å²) in [5.41, 5.74) is 3.20. The first-order valence-electron chi connectivity index (χ1n) is 6.15. The highest BCUT2D eigenvalue weighted by Crippen LogP contribution is 2.25. The van der Waals surface area contributed by atoms with E-state index in [1.165, 1.54) is 0 Å². The van der Waals surface area contributed by atoms with Crippen LogP contribution >= 0.6 is 11.6 Å². The van der Waals surface area contributed by atoms with Gasteiger partial charge in [-0.05, 0) is 35.9 Å². The van der Waals surface area contributed by atoms with Crippen LogP contribution in [-0.2, 0) is 6.54 Å². The second-order valence-corrected chi connectivity index (χ2v) is 4.73. The van der Waals surface area contributed by atoms with Crippen LogP contribution in [0.2, 0.25) is 5.02 Å². The molecule has 3 aromatic rings. The smallest absolute Gasteiger partial charge is 0.0766 e. The molecule has 0 amide bonds. The van der Waals surface area contributed by atoms with E-state index in [4.69, 9.17) is 11.6 Å².